The second-order valence-electron chi connectivity index (χ2n) is 7.66. The number of piperidine rings is 1. The Morgan fingerprint density at radius 3 is 2.45 bits per heavy atom. The fraction of sp³-hybridized carbons (Fsp3) is 0.450. The lowest BCUT2D eigenvalue weighted by Gasteiger charge is -2.29. The maximum Gasteiger partial charge on any atom is 0.243 e. The predicted molar refractivity (Wildman–Crippen MR) is 103 cm³/mol. The first kappa shape index (κ1) is 18.5. The Kier molecular flexibility index (Phi) is 4.71. The first-order valence-corrected chi connectivity index (χ1v) is 11.4. The van der Waals surface area contributed by atoms with E-state index in [0.29, 0.717) is 54.9 Å². The molecule has 0 amide bonds. The van der Waals surface area contributed by atoms with Crippen LogP contribution in [0.5, 0.6) is 0 Å². The van der Waals surface area contributed by atoms with Crippen molar-refractivity contribution in [3.05, 3.63) is 59.9 Å². The van der Waals surface area contributed by atoms with Crippen molar-refractivity contribution >= 4 is 10.0 Å². The van der Waals surface area contributed by atoms with Gasteiger partial charge in [0.05, 0.1) is 17.5 Å². The minimum Gasteiger partial charge on any atom is -0.445 e. The Bertz CT molecular complexity index is 1080. The maximum atomic E-state index is 12.8. The number of hydrogen-bond donors (Lipinski definition) is 0. The van der Waals surface area contributed by atoms with E-state index in [4.69, 9.17) is 8.94 Å². The standard InChI is InChI=1S/C20H22N4O4S/c25-29(26,17-4-2-1-3-5-17)24-10-8-15(9-11-24)20-22-18(23-28-20)12-16-13-21-19(27-16)14-6-7-14/h1-5,13-15H,6-12H2. The van der Waals surface area contributed by atoms with Gasteiger partial charge in [-0.05, 0) is 37.8 Å². The van der Waals surface area contributed by atoms with Crippen molar-refractivity contribution in [2.45, 2.75) is 48.8 Å². The van der Waals surface area contributed by atoms with Gasteiger partial charge < -0.3 is 8.94 Å². The minimum atomic E-state index is -3.46. The van der Waals surface area contributed by atoms with Crippen molar-refractivity contribution in [3.8, 4) is 0 Å². The molecule has 1 aliphatic heterocycles. The molecular formula is C20H22N4O4S. The molecule has 3 heterocycles. The third kappa shape index (κ3) is 3.84. The molecular weight excluding hydrogens is 392 g/mol. The van der Waals surface area contributed by atoms with Gasteiger partial charge in [0, 0.05) is 24.9 Å². The van der Waals surface area contributed by atoms with E-state index in [9.17, 15) is 8.42 Å². The number of oxazole rings is 1. The van der Waals surface area contributed by atoms with E-state index in [1.54, 1.807) is 30.5 Å². The first-order valence-electron chi connectivity index (χ1n) is 9.92. The Morgan fingerprint density at radius 2 is 1.72 bits per heavy atom. The smallest absolute Gasteiger partial charge is 0.243 e. The van der Waals surface area contributed by atoms with Gasteiger partial charge in [0.25, 0.3) is 0 Å². The molecule has 2 aromatic heterocycles. The minimum absolute atomic E-state index is 0.0650. The van der Waals surface area contributed by atoms with E-state index in [2.05, 4.69) is 15.1 Å². The van der Waals surface area contributed by atoms with Crippen LogP contribution in [0.4, 0.5) is 0 Å². The predicted octanol–water partition coefficient (Wildman–Crippen LogP) is 3.09. The Labute approximate surface area is 169 Å². The third-order valence-electron chi connectivity index (χ3n) is 5.50. The van der Waals surface area contributed by atoms with E-state index >= 15 is 0 Å². The van der Waals surface area contributed by atoms with E-state index < -0.39 is 10.0 Å². The average molecular weight is 414 g/mol. The van der Waals surface area contributed by atoms with Crippen LogP contribution in [0.3, 0.4) is 0 Å². The molecule has 0 unspecified atom stereocenters. The van der Waals surface area contributed by atoms with E-state index in [-0.39, 0.29) is 5.92 Å². The summed E-state index contributed by atoms with van der Waals surface area (Å²) in [5, 5.41) is 4.07. The lowest BCUT2D eigenvalue weighted by molar-refractivity contribution is 0.270. The summed E-state index contributed by atoms with van der Waals surface area (Å²) >= 11 is 0. The fourth-order valence-electron chi connectivity index (χ4n) is 3.67. The molecule has 152 valence electrons. The molecule has 8 nitrogen and oxygen atoms in total. The third-order valence-corrected chi connectivity index (χ3v) is 7.41. The van der Waals surface area contributed by atoms with Gasteiger partial charge in [-0.3, -0.25) is 0 Å². The molecule has 1 aliphatic carbocycles. The number of hydrogen-bond acceptors (Lipinski definition) is 7. The van der Waals surface area contributed by atoms with Gasteiger partial charge in [0.15, 0.2) is 11.7 Å². The van der Waals surface area contributed by atoms with Crippen LogP contribution in [-0.2, 0) is 16.4 Å². The Balaban J connectivity index is 1.21. The molecule has 29 heavy (non-hydrogen) atoms. The van der Waals surface area contributed by atoms with E-state index in [0.717, 1.165) is 24.5 Å². The molecule has 1 saturated heterocycles. The number of sulfonamides is 1. The van der Waals surface area contributed by atoms with Crippen molar-refractivity contribution < 1.29 is 17.4 Å². The molecule has 5 rings (SSSR count). The Morgan fingerprint density at radius 1 is 1.00 bits per heavy atom. The monoisotopic (exact) mass is 414 g/mol. The highest BCUT2D eigenvalue weighted by atomic mass is 32.2. The summed E-state index contributed by atoms with van der Waals surface area (Å²) < 4.78 is 38.2. The van der Waals surface area contributed by atoms with Gasteiger partial charge in [0.2, 0.25) is 15.9 Å². The van der Waals surface area contributed by atoms with Crippen LogP contribution in [0.2, 0.25) is 0 Å². The highest BCUT2D eigenvalue weighted by Gasteiger charge is 2.32. The topological polar surface area (TPSA) is 102 Å². The number of benzene rings is 1. The van der Waals surface area contributed by atoms with Gasteiger partial charge in [0.1, 0.15) is 5.76 Å². The molecule has 2 fully saturated rings. The lowest BCUT2D eigenvalue weighted by Crippen LogP contribution is -2.37. The summed E-state index contributed by atoms with van der Waals surface area (Å²) in [5.41, 5.74) is 0. The molecule has 1 saturated carbocycles. The van der Waals surface area contributed by atoms with E-state index in [1.807, 2.05) is 6.07 Å². The Hall–Kier alpha value is -2.52. The second kappa shape index (κ2) is 7.38. The first-order chi connectivity index (χ1) is 14.1. The van der Waals surface area contributed by atoms with Crippen molar-refractivity contribution in [2.75, 3.05) is 13.1 Å². The SMILES string of the molecule is O=S(=O)(c1ccccc1)N1CCC(c2nc(Cc3cnc(C4CC4)o3)no2)CC1. The van der Waals surface area contributed by atoms with Crippen molar-refractivity contribution in [3.63, 3.8) is 0 Å². The highest BCUT2D eigenvalue weighted by molar-refractivity contribution is 7.89. The van der Waals surface area contributed by atoms with Crippen molar-refractivity contribution in [1.29, 1.82) is 0 Å². The number of aromatic nitrogens is 3. The van der Waals surface area contributed by atoms with Crippen LogP contribution >= 0.6 is 0 Å². The average Bonchev–Trinajstić information content (AvgIpc) is 3.32. The van der Waals surface area contributed by atoms with Crippen LogP contribution in [0, 0.1) is 0 Å². The molecule has 0 atom stereocenters. The largest absolute Gasteiger partial charge is 0.445 e. The van der Waals surface area contributed by atoms with Crippen LogP contribution in [0.1, 0.15) is 60.9 Å². The van der Waals surface area contributed by atoms with Crippen LogP contribution in [-0.4, -0.2) is 40.9 Å². The second-order valence-corrected chi connectivity index (χ2v) is 9.59. The number of nitrogens with zero attached hydrogens (tertiary/aromatic N) is 4. The van der Waals surface area contributed by atoms with Gasteiger partial charge in [-0.25, -0.2) is 13.4 Å². The van der Waals surface area contributed by atoms with E-state index in [1.165, 1.54) is 4.31 Å². The molecule has 9 heteroatoms. The zero-order valence-electron chi connectivity index (χ0n) is 15.9. The van der Waals surface area contributed by atoms with Crippen LogP contribution in [0.25, 0.3) is 0 Å². The summed E-state index contributed by atoms with van der Waals surface area (Å²) in [6.07, 6.45) is 5.78. The normalized spacial score (nSPS) is 18.9. The summed E-state index contributed by atoms with van der Waals surface area (Å²) in [6, 6.07) is 8.54. The zero-order valence-corrected chi connectivity index (χ0v) is 16.7. The zero-order chi connectivity index (χ0) is 19.8. The molecule has 3 aromatic rings. The van der Waals surface area contributed by atoms with Gasteiger partial charge >= 0.3 is 0 Å². The number of rotatable bonds is 6. The van der Waals surface area contributed by atoms with Crippen LogP contribution in [0.15, 0.2) is 50.4 Å². The van der Waals surface area contributed by atoms with Gasteiger partial charge in [-0.1, -0.05) is 23.4 Å². The lowest BCUT2D eigenvalue weighted by atomic mass is 9.98. The molecule has 1 aromatic carbocycles. The summed E-state index contributed by atoms with van der Waals surface area (Å²) in [7, 11) is -3.46. The highest BCUT2D eigenvalue weighted by Crippen LogP contribution is 2.39. The molecule has 0 bridgehead atoms. The summed E-state index contributed by atoms with van der Waals surface area (Å²) in [6.45, 7) is 0.874. The van der Waals surface area contributed by atoms with Crippen molar-refractivity contribution in [1.82, 2.24) is 19.4 Å². The molecule has 0 N–H and O–H groups in total. The molecule has 2 aliphatic rings. The van der Waals surface area contributed by atoms with Crippen molar-refractivity contribution in [2.24, 2.45) is 0 Å². The summed E-state index contributed by atoms with van der Waals surface area (Å²) in [4.78, 5) is 9.15. The maximum absolute atomic E-state index is 12.8. The summed E-state index contributed by atoms with van der Waals surface area (Å²) in [5.74, 6) is 3.22. The van der Waals surface area contributed by atoms with Gasteiger partial charge in [-0.2, -0.15) is 9.29 Å². The van der Waals surface area contributed by atoms with Gasteiger partial charge in [-0.15, -0.1) is 0 Å². The quantitative estimate of drug-likeness (QED) is 0.611. The fourth-order valence-corrected chi connectivity index (χ4v) is 5.16. The van der Waals surface area contributed by atoms with Crippen LogP contribution < -0.4 is 0 Å². The molecule has 0 radical (unpaired) electrons. The molecule has 0 spiro atoms.